The summed E-state index contributed by atoms with van der Waals surface area (Å²) in [4.78, 5) is 39.7. The molecule has 4 rings (SSSR count). The molecule has 3 aliphatic heterocycles. The van der Waals surface area contributed by atoms with E-state index in [2.05, 4.69) is 5.32 Å². The van der Waals surface area contributed by atoms with Crippen molar-refractivity contribution in [1.29, 1.82) is 0 Å². The lowest BCUT2D eigenvalue weighted by atomic mass is 10.0. The molecule has 0 bridgehead atoms. The minimum atomic E-state index is -0.626. The molecule has 2 atom stereocenters. The number of aliphatic hydroxyl groups excluding tert-OH is 1. The Hall–Kier alpha value is -2.61. The highest BCUT2D eigenvalue weighted by Crippen LogP contribution is 2.39. The summed E-state index contributed by atoms with van der Waals surface area (Å²) in [6, 6.07) is 2.97. The molecule has 1 fully saturated rings. The Morgan fingerprint density at radius 1 is 1.32 bits per heavy atom. The molecular weight excluding hydrogens is 326 g/mol. The molecular formula is C17H19N3O5. The van der Waals surface area contributed by atoms with Gasteiger partial charge in [0, 0.05) is 25.6 Å². The zero-order chi connectivity index (χ0) is 17.7. The third-order valence-corrected chi connectivity index (χ3v) is 4.99. The van der Waals surface area contributed by atoms with E-state index in [1.54, 1.807) is 6.07 Å². The second-order valence-electron chi connectivity index (χ2n) is 6.68. The molecule has 25 heavy (non-hydrogen) atoms. The van der Waals surface area contributed by atoms with Gasteiger partial charge in [-0.3, -0.25) is 19.7 Å². The van der Waals surface area contributed by atoms with Crippen molar-refractivity contribution in [3.05, 3.63) is 23.3 Å². The van der Waals surface area contributed by atoms with Gasteiger partial charge in [-0.25, -0.2) is 0 Å². The van der Waals surface area contributed by atoms with Gasteiger partial charge >= 0.3 is 0 Å². The number of hydrogen-bond donors (Lipinski definition) is 2. The van der Waals surface area contributed by atoms with Crippen LogP contribution in [0, 0.1) is 0 Å². The maximum absolute atomic E-state index is 12.8. The predicted molar refractivity (Wildman–Crippen MR) is 87.3 cm³/mol. The van der Waals surface area contributed by atoms with Gasteiger partial charge in [0.05, 0.1) is 18.8 Å². The number of fused-ring (bicyclic) bond motifs is 2. The molecule has 132 valence electrons. The van der Waals surface area contributed by atoms with Crippen LogP contribution in [0.5, 0.6) is 5.75 Å². The summed E-state index contributed by atoms with van der Waals surface area (Å²) in [6.07, 6.45) is 0.239. The highest BCUT2D eigenvalue weighted by molar-refractivity contribution is 6.05. The average molecular weight is 345 g/mol. The van der Waals surface area contributed by atoms with Crippen LogP contribution in [0.15, 0.2) is 12.1 Å². The fourth-order valence-electron chi connectivity index (χ4n) is 3.69. The van der Waals surface area contributed by atoms with Gasteiger partial charge in [-0.15, -0.1) is 0 Å². The number of ether oxygens (including phenoxy) is 1. The molecule has 1 aromatic rings. The van der Waals surface area contributed by atoms with Crippen LogP contribution in [-0.2, 0) is 16.1 Å². The summed E-state index contributed by atoms with van der Waals surface area (Å²) in [5.41, 5.74) is 2.21. The summed E-state index contributed by atoms with van der Waals surface area (Å²) >= 11 is 0. The Balaban J connectivity index is 1.64. The Morgan fingerprint density at radius 3 is 2.84 bits per heavy atom. The van der Waals surface area contributed by atoms with E-state index in [4.69, 9.17) is 4.74 Å². The molecule has 0 aliphatic carbocycles. The first-order chi connectivity index (χ1) is 12.0. The molecule has 8 heteroatoms. The first kappa shape index (κ1) is 15.9. The lowest BCUT2D eigenvalue weighted by Gasteiger charge is -2.33. The summed E-state index contributed by atoms with van der Waals surface area (Å²) in [6.45, 7) is 0.801. The van der Waals surface area contributed by atoms with Gasteiger partial charge in [0.15, 0.2) is 0 Å². The lowest BCUT2D eigenvalue weighted by Crippen LogP contribution is -2.52. The highest BCUT2D eigenvalue weighted by atomic mass is 16.5. The number of rotatable bonds is 2. The fourth-order valence-corrected chi connectivity index (χ4v) is 3.69. The number of hydrogen-bond acceptors (Lipinski definition) is 6. The highest BCUT2D eigenvalue weighted by Gasteiger charge is 2.40. The number of nitrogens with one attached hydrogen (secondary N) is 1. The Kier molecular flexibility index (Phi) is 3.64. The van der Waals surface area contributed by atoms with Gasteiger partial charge in [-0.2, -0.15) is 0 Å². The van der Waals surface area contributed by atoms with E-state index in [0.717, 1.165) is 11.3 Å². The molecule has 0 aromatic heterocycles. The number of amides is 3. The van der Waals surface area contributed by atoms with Crippen LogP contribution in [0.4, 0.5) is 5.69 Å². The second-order valence-corrected chi connectivity index (χ2v) is 6.68. The predicted octanol–water partition coefficient (Wildman–Crippen LogP) is -0.363. The number of carbonyl (C=O) groups is 3. The first-order valence-corrected chi connectivity index (χ1v) is 8.28. The summed E-state index contributed by atoms with van der Waals surface area (Å²) in [5.74, 6) is -0.392. The molecule has 1 saturated heterocycles. The van der Waals surface area contributed by atoms with Crippen LogP contribution in [0.1, 0.15) is 28.8 Å². The standard InChI is InChI=1S/C17H19N3O5/c1-19-7-10(8-21)25-14-5-11-9(4-13(14)19)6-20(17(11)24)12-2-3-15(22)18-16(12)23/h4-5,10,12,21H,2-3,6-8H2,1H3,(H,18,22,23)/t10-,12-/m0/s1. The Labute approximate surface area is 144 Å². The zero-order valence-electron chi connectivity index (χ0n) is 13.8. The summed E-state index contributed by atoms with van der Waals surface area (Å²) in [7, 11) is 1.91. The Morgan fingerprint density at radius 2 is 2.12 bits per heavy atom. The monoisotopic (exact) mass is 345 g/mol. The third-order valence-electron chi connectivity index (χ3n) is 4.99. The molecule has 3 aliphatic rings. The largest absolute Gasteiger partial charge is 0.484 e. The molecule has 0 spiro atoms. The molecule has 3 heterocycles. The molecule has 2 N–H and O–H groups in total. The molecule has 8 nitrogen and oxygen atoms in total. The maximum Gasteiger partial charge on any atom is 0.255 e. The van der Waals surface area contributed by atoms with Crippen LogP contribution in [0.3, 0.4) is 0 Å². The van der Waals surface area contributed by atoms with E-state index in [9.17, 15) is 19.5 Å². The number of aliphatic hydroxyl groups is 1. The normalized spacial score (nSPS) is 25.4. The van der Waals surface area contributed by atoms with Gasteiger partial charge in [-0.05, 0) is 24.1 Å². The van der Waals surface area contributed by atoms with Crippen LogP contribution >= 0.6 is 0 Å². The first-order valence-electron chi connectivity index (χ1n) is 8.28. The molecule has 0 saturated carbocycles. The third kappa shape index (κ3) is 2.53. The van der Waals surface area contributed by atoms with Crippen LogP contribution < -0.4 is 15.0 Å². The van der Waals surface area contributed by atoms with Crippen molar-refractivity contribution in [3.8, 4) is 5.75 Å². The fraction of sp³-hybridized carbons (Fsp3) is 0.471. The number of benzene rings is 1. The minimum absolute atomic E-state index is 0.1000. The van der Waals surface area contributed by atoms with Crippen molar-refractivity contribution in [2.75, 3.05) is 25.1 Å². The van der Waals surface area contributed by atoms with Crippen molar-refractivity contribution in [2.45, 2.75) is 31.5 Å². The smallest absolute Gasteiger partial charge is 0.255 e. The topological polar surface area (TPSA) is 99.2 Å². The second kappa shape index (κ2) is 5.73. The van der Waals surface area contributed by atoms with Gasteiger partial charge in [0.1, 0.15) is 17.9 Å². The molecule has 1 aromatic carbocycles. The number of anilines is 1. The Bertz CT molecular complexity index is 778. The van der Waals surface area contributed by atoms with Crippen molar-refractivity contribution in [2.24, 2.45) is 0 Å². The van der Waals surface area contributed by atoms with E-state index in [1.807, 2.05) is 18.0 Å². The van der Waals surface area contributed by atoms with E-state index < -0.39 is 11.9 Å². The quantitative estimate of drug-likeness (QED) is 0.710. The van der Waals surface area contributed by atoms with Gasteiger partial charge < -0.3 is 19.6 Å². The minimum Gasteiger partial charge on any atom is -0.484 e. The SMILES string of the molecule is CN1C[C@@H](CO)Oc2cc3c(cc21)CN([C@H]1CCC(=O)NC1=O)C3=O. The van der Waals surface area contributed by atoms with Gasteiger partial charge in [-0.1, -0.05) is 0 Å². The van der Waals surface area contributed by atoms with Gasteiger partial charge in [0.25, 0.3) is 5.91 Å². The average Bonchev–Trinajstić information content (AvgIpc) is 2.89. The zero-order valence-corrected chi connectivity index (χ0v) is 13.8. The summed E-state index contributed by atoms with van der Waals surface area (Å²) in [5, 5.41) is 11.6. The number of imide groups is 1. The van der Waals surface area contributed by atoms with Crippen molar-refractivity contribution >= 4 is 23.4 Å². The van der Waals surface area contributed by atoms with E-state index >= 15 is 0 Å². The van der Waals surface area contributed by atoms with Crippen LogP contribution in [0.25, 0.3) is 0 Å². The lowest BCUT2D eigenvalue weighted by molar-refractivity contribution is -0.136. The molecule has 3 amide bonds. The maximum atomic E-state index is 12.8. The number of carbonyl (C=O) groups excluding carboxylic acids is 3. The van der Waals surface area contributed by atoms with Crippen molar-refractivity contribution in [1.82, 2.24) is 10.2 Å². The van der Waals surface area contributed by atoms with Crippen LogP contribution in [-0.4, -0.2) is 60.1 Å². The van der Waals surface area contributed by atoms with E-state index in [0.29, 0.717) is 30.8 Å². The number of nitrogens with zero attached hydrogens (tertiary/aromatic N) is 2. The van der Waals surface area contributed by atoms with E-state index in [1.165, 1.54) is 4.90 Å². The van der Waals surface area contributed by atoms with Crippen molar-refractivity contribution in [3.63, 3.8) is 0 Å². The molecule has 0 radical (unpaired) electrons. The van der Waals surface area contributed by atoms with Gasteiger partial charge in [0.2, 0.25) is 11.8 Å². The van der Waals surface area contributed by atoms with Crippen molar-refractivity contribution < 1.29 is 24.2 Å². The van der Waals surface area contributed by atoms with Crippen LogP contribution in [0.2, 0.25) is 0 Å². The van der Waals surface area contributed by atoms with E-state index in [-0.39, 0.29) is 30.9 Å². The number of likely N-dealkylation sites (N-methyl/N-ethyl adjacent to an activating group) is 1. The molecule has 0 unspecified atom stereocenters. The number of piperidine rings is 1. The summed E-state index contributed by atoms with van der Waals surface area (Å²) < 4.78 is 5.75.